The number of carbonyl (C=O) groups excluding carboxylic acids is 1. The summed E-state index contributed by atoms with van der Waals surface area (Å²) in [6.07, 6.45) is 6.76. The van der Waals surface area contributed by atoms with Crippen LogP contribution in [0.25, 0.3) is 0 Å². The van der Waals surface area contributed by atoms with Crippen molar-refractivity contribution in [2.75, 3.05) is 0 Å². The number of nitrogens with one attached hydrogen (secondary N) is 1. The lowest BCUT2D eigenvalue weighted by molar-refractivity contribution is -0.122. The summed E-state index contributed by atoms with van der Waals surface area (Å²) in [6.45, 7) is 4.17. The summed E-state index contributed by atoms with van der Waals surface area (Å²) in [5.41, 5.74) is 0. The molecule has 14 heavy (non-hydrogen) atoms. The quantitative estimate of drug-likeness (QED) is 0.484. The van der Waals surface area contributed by atoms with Crippen molar-refractivity contribution in [2.45, 2.75) is 55.9 Å². The lowest BCUT2D eigenvalue weighted by Gasteiger charge is -2.32. The number of amides is 1. The lowest BCUT2D eigenvalue weighted by Crippen LogP contribution is -2.44. The summed E-state index contributed by atoms with van der Waals surface area (Å²) in [7, 11) is 0. The minimum absolute atomic E-state index is 0.0575. The molecule has 0 heterocycles. The predicted molar refractivity (Wildman–Crippen MR) is 67.4 cm³/mol. The fraction of sp³-hybridized carbons (Fsp3) is 0.909. The zero-order valence-electron chi connectivity index (χ0n) is 9.11. The summed E-state index contributed by atoms with van der Waals surface area (Å²) < 4.78 is 0.0575. The van der Waals surface area contributed by atoms with Gasteiger partial charge in [-0.05, 0) is 18.8 Å². The van der Waals surface area contributed by atoms with Crippen molar-refractivity contribution >= 4 is 28.5 Å². The number of hydrogen-bond donors (Lipinski definition) is 1. The van der Waals surface area contributed by atoms with E-state index in [0.29, 0.717) is 12.3 Å². The number of alkyl halides is 1. The van der Waals surface area contributed by atoms with Gasteiger partial charge in [0.2, 0.25) is 5.91 Å². The van der Waals surface area contributed by atoms with Crippen LogP contribution in [0.5, 0.6) is 0 Å². The number of halogens is 1. The molecule has 0 aliphatic heterocycles. The normalized spacial score (nSPS) is 20.9. The maximum atomic E-state index is 11.6. The summed E-state index contributed by atoms with van der Waals surface area (Å²) >= 11 is 2.42. The smallest absolute Gasteiger partial charge is 0.221 e. The predicted octanol–water partition coefficient (Wildman–Crippen LogP) is 3.24. The van der Waals surface area contributed by atoms with Crippen LogP contribution >= 0.6 is 22.6 Å². The van der Waals surface area contributed by atoms with Crippen LogP contribution in [-0.2, 0) is 4.79 Å². The van der Waals surface area contributed by atoms with Gasteiger partial charge in [-0.2, -0.15) is 0 Å². The summed E-state index contributed by atoms with van der Waals surface area (Å²) in [5.74, 6) is 0.676. The highest BCUT2D eigenvalue weighted by Crippen LogP contribution is 2.33. The Hall–Kier alpha value is 0.200. The molecule has 1 N–H and O–H groups in total. The third-order valence-corrected chi connectivity index (χ3v) is 3.95. The van der Waals surface area contributed by atoms with Crippen molar-refractivity contribution in [3.8, 4) is 0 Å². The molecular weight excluding hydrogens is 289 g/mol. The molecule has 0 saturated heterocycles. The van der Waals surface area contributed by atoms with Gasteiger partial charge in [-0.15, -0.1) is 0 Å². The van der Waals surface area contributed by atoms with Crippen molar-refractivity contribution in [1.29, 1.82) is 0 Å². The molecular formula is C11H20INO. The molecule has 0 aromatic carbocycles. The van der Waals surface area contributed by atoms with Gasteiger partial charge in [-0.25, -0.2) is 0 Å². The Bertz CT molecular complexity index is 197. The van der Waals surface area contributed by atoms with Crippen molar-refractivity contribution in [3.63, 3.8) is 0 Å². The standard InChI is InChI=1S/C11H20INO/c1-9(2)8-10(14)13-11(12)6-4-3-5-7-11/h9H,3-8H2,1-2H3,(H,13,14). The van der Waals surface area contributed by atoms with E-state index in [1.165, 1.54) is 19.3 Å². The van der Waals surface area contributed by atoms with E-state index in [1.54, 1.807) is 0 Å². The van der Waals surface area contributed by atoms with Crippen LogP contribution in [-0.4, -0.2) is 9.45 Å². The molecule has 0 atom stereocenters. The number of carbonyl (C=O) groups is 1. The fourth-order valence-electron chi connectivity index (χ4n) is 1.91. The van der Waals surface area contributed by atoms with E-state index in [4.69, 9.17) is 0 Å². The highest BCUT2D eigenvalue weighted by Gasteiger charge is 2.30. The van der Waals surface area contributed by atoms with Gasteiger partial charge in [0.05, 0.1) is 3.55 Å². The van der Waals surface area contributed by atoms with Crippen molar-refractivity contribution in [1.82, 2.24) is 5.32 Å². The molecule has 0 spiro atoms. The zero-order chi connectivity index (χ0) is 10.6. The molecule has 3 heteroatoms. The van der Waals surface area contributed by atoms with Gasteiger partial charge < -0.3 is 5.32 Å². The first kappa shape index (κ1) is 12.3. The van der Waals surface area contributed by atoms with Crippen molar-refractivity contribution in [3.05, 3.63) is 0 Å². The molecule has 82 valence electrons. The average Bonchev–Trinajstić information content (AvgIpc) is 2.02. The van der Waals surface area contributed by atoms with Gasteiger partial charge in [-0.1, -0.05) is 55.7 Å². The van der Waals surface area contributed by atoms with Crippen LogP contribution in [0.1, 0.15) is 52.4 Å². The van der Waals surface area contributed by atoms with E-state index < -0.39 is 0 Å². The summed E-state index contributed by atoms with van der Waals surface area (Å²) in [4.78, 5) is 11.6. The van der Waals surface area contributed by atoms with Gasteiger partial charge in [0.1, 0.15) is 0 Å². The van der Waals surface area contributed by atoms with Crippen LogP contribution in [0.15, 0.2) is 0 Å². The van der Waals surface area contributed by atoms with Crippen LogP contribution in [0.2, 0.25) is 0 Å². The van der Waals surface area contributed by atoms with Crippen LogP contribution in [0.3, 0.4) is 0 Å². The van der Waals surface area contributed by atoms with Crippen LogP contribution < -0.4 is 5.32 Å². The molecule has 0 bridgehead atoms. The van der Waals surface area contributed by atoms with Crippen LogP contribution in [0.4, 0.5) is 0 Å². The lowest BCUT2D eigenvalue weighted by atomic mass is 9.95. The highest BCUT2D eigenvalue weighted by atomic mass is 127. The van der Waals surface area contributed by atoms with E-state index in [0.717, 1.165) is 12.8 Å². The first-order valence-electron chi connectivity index (χ1n) is 5.52. The molecule has 0 radical (unpaired) electrons. The van der Waals surface area contributed by atoms with Crippen LogP contribution in [0, 0.1) is 5.92 Å². The highest BCUT2D eigenvalue weighted by molar-refractivity contribution is 14.1. The second kappa shape index (κ2) is 5.33. The van der Waals surface area contributed by atoms with E-state index in [-0.39, 0.29) is 9.45 Å². The fourth-order valence-corrected chi connectivity index (χ4v) is 2.97. The van der Waals surface area contributed by atoms with Gasteiger partial charge >= 0.3 is 0 Å². The van der Waals surface area contributed by atoms with Gasteiger partial charge in [-0.3, -0.25) is 4.79 Å². The Balaban J connectivity index is 2.37. The molecule has 0 aromatic rings. The van der Waals surface area contributed by atoms with E-state index in [1.807, 2.05) is 0 Å². The largest absolute Gasteiger partial charge is 0.342 e. The Kier molecular flexibility index (Phi) is 4.67. The Morgan fingerprint density at radius 3 is 2.43 bits per heavy atom. The second-order valence-electron chi connectivity index (χ2n) is 4.67. The summed E-state index contributed by atoms with van der Waals surface area (Å²) in [5, 5.41) is 3.17. The number of rotatable bonds is 3. The average molecular weight is 309 g/mol. The first-order chi connectivity index (χ1) is 6.52. The van der Waals surface area contributed by atoms with Gasteiger partial charge in [0, 0.05) is 6.42 Å². The number of hydrogen-bond acceptors (Lipinski definition) is 1. The zero-order valence-corrected chi connectivity index (χ0v) is 11.3. The minimum Gasteiger partial charge on any atom is -0.342 e. The molecule has 1 fully saturated rings. The molecule has 1 saturated carbocycles. The molecule has 0 aromatic heterocycles. The van der Waals surface area contributed by atoms with E-state index >= 15 is 0 Å². The second-order valence-corrected chi connectivity index (χ2v) is 6.74. The maximum absolute atomic E-state index is 11.6. The molecule has 2 nitrogen and oxygen atoms in total. The molecule has 1 aliphatic carbocycles. The minimum atomic E-state index is 0.0575. The van der Waals surface area contributed by atoms with Gasteiger partial charge in [0.15, 0.2) is 0 Å². The Morgan fingerprint density at radius 2 is 1.93 bits per heavy atom. The third kappa shape index (κ3) is 4.15. The Labute approximate surface area is 100 Å². The third-order valence-electron chi connectivity index (χ3n) is 2.60. The van der Waals surface area contributed by atoms with E-state index in [2.05, 4.69) is 41.8 Å². The molecule has 0 unspecified atom stereocenters. The molecule has 1 amide bonds. The first-order valence-corrected chi connectivity index (χ1v) is 6.60. The van der Waals surface area contributed by atoms with E-state index in [9.17, 15) is 4.79 Å². The molecule has 1 aliphatic rings. The van der Waals surface area contributed by atoms with Crippen molar-refractivity contribution in [2.24, 2.45) is 5.92 Å². The SMILES string of the molecule is CC(C)CC(=O)NC1(I)CCCCC1. The monoisotopic (exact) mass is 309 g/mol. The maximum Gasteiger partial charge on any atom is 0.221 e. The van der Waals surface area contributed by atoms with Crippen molar-refractivity contribution < 1.29 is 4.79 Å². The Morgan fingerprint density at radius 1 is 1.36 bits per heavy atom. The summed E-state index contributed by atoms with van der Waals surface area (Å²) in [6, 6.07) is 0. The van der Waals surface area contributed by atoms with Gasteiger partial charge in [0.25, 0.3) is 0 Å². The topological polar surface area (TPSA) is 29.1 Å². The molecule has 1 rings (SSSR count).